The normalized spacial score (nSPS) is 10.3. The number of para-hydroxylation sites is 1. The summed E-state index contributed by atoms with van der Waals surface area (Å²) in [5.74, 6) is 1.21. The summed E-state index contributed by atoms with van der Waals surface area (Å²) in [5.41, 5.74) is 0.721. The summed E-state index contributed by atoms with van der Waals surface area (Å²) in [6.07, 6.45) is 1.65. The second-order valence-corrected chi connectivity index (χ2v) is 5.56. The zero-order valence-corrected chi connectivity index (χ0v) is 13.7. The molecule has 116 valence electrons. The van der Waals surface area contributed by atoms with E-state index in [1.807, 2.05) is 42.5 Å². The fourth-order valence-corrected chi connectivity index (χ4v) is 2.42. The van der Waals surface area contributed by atoms with E-state index in [1.165, 1.54) is 4.90 Å². The summed E-state index contributed by atoms with van der Waals surface area (Å²) >= 11 is 3.27. The molecule has 0 aliphatic rings. The van der Waals surface area contributed by atoms with Crippen LogP contribution in [0.25, 0.3) is 0 Å². The summed E-state index contributed by atoms with van der Waals surface area (Å²) in [7, 11) is 0. The van der Waals surface area contributed by atoms with Crippen LogP contribution in [0.5, 0.6) is 0 Å². The summed E-state index contributed by atoms with van der Waals surface area (Å²) in [5, 5.41) is 2.86. The largest absolute Gasteiger partial charge is 0.452 e. The van der Waals surface area contributed by atoms with Crippen molar-refractivity contribution in [3.8, 4) is 0 Å². The third-order valence-corrected chi connectivity index (χ3v) is 3.57. The Bertz CT molecular complexity index is 775. The molecule has 0 unspecified atom stereocenters. The highest BCUT2D eigenvalue weighted by Gasteiger charge is 2.19. The number of nitrogens with one attached hydrogen (secondary N) is 1. The van der Waals surface area contributed by atoms with Gasteiger partial charge < -0.3 is 9.73 Å². The fourth-order valence-electron chi connectivity index (χ4n) is 2.08. The monoisotopic (exact) mass is 371 g/mol. The van der Waals surface area contributed by atoms with E-state index in [0.29, 0.717) is 16.2 Å². The molecule has 0 radical (unpaired) electrons. The number of urea groups is 1. The minimum atomic E-state index is -0.276. The zero-order chi connectivity index (χ0) is 16.1. The van der Waals surface area contributed by atoms with Gasteiger partial charge in [0.15, 0.2) is 4.67 Å². The van der Waals surface area contributed by atoms with Gasteiger partial charge in [-0.15, -0.1) is 0 Å². The third kappa shape index (κ3) is 3.98. The maximum Gasteiger partial charge on any atom is 0.327 e. The molecule has 0 atom stereocenters. The second-order valence-electron chi connectivity index (χ2n) is 4.78. The lowest BCUT2D eigenvalue weighted by molar-refractivity contribution is 0.256. The van der Waals surface area contributed by atoms with Crippen LogP contribution >= 0.6 is 15.9 Å². The molecule has 0 bridgehead atoms. The Morgan fingerprint density at radius 2 is 1.87 bits per heavy atom. The Balaban J connectivity index is 1.84. The molecule has 0 saturated heterocycles. The van der Waals surface area contributed by atoms with Crippen LogP contribution in [0.4, 0.5) is 16.3 Å². The molecule has 0 saturated carbocycles. The lowest BCUT2D eigenvalue weighted by Crippen LogP contribution is -2.35. The maximum absolute atomic E-state index is 12.6. The number of nitrogens with zero attached hydrogens (tertiary/aromatic N) is 2. The Hall–Kier alpha value is -2.60. The number of hydrogen-bond acceptors (Lipinski definition) is 3. The first-order chi connectivity index (χ1) is 11.2. The van der Waals surface area contributed by atoms with Gasteiger partial charge in [-0.25, -0.2) is 9.78 Å². The Labute approximate surface area is 142 Å². The number of hydrogen-bond donors (Lipinski definition) is 1. The van der Waals surface area contributed by atoms with E-state index in [-0.39, 0.29) is 12.6 Å². The molecular weight excluding hydrogens is 358 g/mol. The summed E-state index contributed by atoms with van der Waals surface area (Å²) < 4.78 is 6.13. The first kappa shape index (κ1) is 15.3. The van der Waals surface area contributed by atoms with Crippen LogP contribution in [0, 0.1) is 0 Å². The fraction of sp³-hybridized carbons (Fsp3) is 0.0588. The van der Waals surface area contributed by atoms with E-state index in [2.05, 4.69) is 26.2 Å². The number of rotatable bonds is 4. The van der Waals surface area contributed by atoms with Crippen molar-refractivity contribution in [2.75, 3.05) is 10.2 Å². The number of amides is 2. The van der Waals surface area contributed by atoms with Gasteiger partial charge in [0.2, 0.25) is 0 Å². The van der Waals surface area contributed by atoms with Crippen molar-refractivity contribution in [1.82, 2.24) is 4.98 Å². The third-order valence-electron chi connectivity index (χ3n) is 3.14. The molecule has 0 aliphatic heterocycles. The van der Waals surface area contributed by atoms with Gasteiger partial charge in [0.1, 0.15) is 11.6 Å². The Morgan fingerprint density at radius 1 is 1.09 bits per heavy atom. The zero-order valence-electron chi connectivity index (χ0n) is 12.1. The molecular formula is C17H14BrN3O2. The van der Waals surface area contributed by atoms with Crippen molar-refractivity contribution >= 4 is 33.5 Å². The topological polar surface area (TPSA) is 58.4 Å². The number of carbonyl (C=O) groups is 1. The lowest BCUT2D eigenvalue weighted by atomic mass is 10.3. The van der Waals surface area contributed by atoms with Crippen LogP contribution in [0.1, 0.15) is 5.76 Å². The average molecular weight is 372 g/mol. The number of benzene rings is 1. The molecule has 5 nitrogen and oxygen atoms in total. The van der Waals surface area contributed by atoms with Crippen LogP contribution in [0.3, 0.4) is 0 Å². The molecule has 2 amide bonds. The van der Waals surface area contributed by atoms with E-state index in [4.69, 9.17) is 4.42 Å². The van der Waals surface area contributed by atoms with E-state index < -0.39 is 0 Å². The number of carbonyl (C=O) groups excluding carboxylic acids is 1. The van der Waals surface area contributed by atoms with Gasteiger partial charge in [-0.2, -0.15) is 0 Å². The lowest BCUT2D eigenvalue weighted by Gasteiger charge is -2.21. The Kier molecular flexibility index (Phi) is 4.73. The van der Waals surface area contributed by atoms with E-state index in [1.54, 1.807) is 24.4 Å². The maximum atomic E-state index is 12.6. The minimum Gasteiger partial charge on any atom is -0.452 e. The number of aromatic nitrogens is 1. The van der Waals surface area contributed by atoms with Crippen LogP contribution in [-0.4, -0.2) is 11.0 Å². The number of pyridine rings is 1. The first-order valence-electron chi connectivity index (χ1n) is 7.01. The Morgan fingerprint density at radius 3 is 2.52 bits per heavy atom. The SMILES string of the molecule is O=C(Nc1ccccc1)N(Cc1ccc(Br)o1)c1ccccn1. The molecule has 23 heavy (non-hydrogen) atoms. The van der Waals surface area contributed by atoms with Crippen LogP contribution in [-0.2, 0) is 6.54 Å². The van der Waals surface area contributed by atoms with E-state index in [9.17, 15) is 4.79 Å². The second kappa shape index (κ2) is 7.11. The molecule has 1 aromatic carbocycles. The molecule has 1 N–H and O–H groups in total. The molecule has 0 fully saturated rings. The van der Waals surface area contributed by atoms with Crippen molar-refractivity contribution in [2.24, 2.45) is 0 Å². The van der Waals surface area contributed by atoms with Gasteiger partial charge in [0.05, 0.1) is 6.54 Å². The van der Waals surface area contributed by atoms with Crippen LogP contribution in [0.15, 0.2) is 75.9 Å². The van der Waals surface area contributed by atoms with Crippen molar-refractivity contribution in [3.05, 3.63) is 77.3 Å². The standard InChI is InChI=1S/C17H14BrN3O2/c18-15-10-9-14(23-15)12-21(16-8-4-5-11-19-16)17(22)20-13-6-2-1-3-7-13/h1-11H,12H2,(H,20,22). The highest BCUT2D eigenvalue weighted by molar-refractivity contribution is 9.10. The first-order valence-corrected chi connectivity index (χ1v) is 7.80. The van der Waals surface area contributed by atoms with Gasteiger partial charge >= 0.3 is 6.03 Å². The smallest absolute Gasteiger partial charge is 0.327 e. The van der Waals surface area contributed by atoms with Gasteiger partial charge in [-0.1, -0.05) is 24.3 Å². The van der Waals surface area contributed by atoms with E-state index in [0.717, 1.165) is 5.69 Å². The van der Waals surface area contributed by atoms with Crippen molar-refractivity contribution in [2.45, 2.75) is 6.54 Å². The number of halogens is 1. The van der Waals surface area contributed by atoms with E-state index >= 15 is 0 Å². The predicted molar refractivity (Wildman–Crippen MR) is 92.3 cm³/mol. The molecule has 3 aromatic rings. The van der Waals surface area contributed by atoms with Gasteiger partial charge in [0.25, 0.3) is 0 Å². The molecule has 2 aromatic heterocycles. The molecule has 2 heterocycles. The molecule has 0 aliphatic carbocycles. The van der Waals surface area contributed by atoms with Crippen LogP contribution in [0.2, 0.25) is 0 Å². The summed E-state index contributed by atoms with van der Waals surface area (Å²) in [4.78, 5) is 18.4. The van der Waals surface area contributed by atoms with Gasteiger partial charge in [-0.3, -0.25) is 4.90 Å². The highest BCUT2D eigenvalue weighted by Crippen LogP contribution is 2.20. The predicted octanol–water partition coefficient (Wildman–Crippen LogP) is 4.68. The quantitative estimate of drug-likeness (QED) is 0.724. The molecule has 6 heteroatoms. The van der Waals surface area contributed by atoms with Gasteiger partial charge in [0, 0.05) is 11.9 Å². The average Bonchev–Trinajstić information content (AvgIpc) is 2.99. The van der Waals surface area contributed by atoms with Crippen molar-refractivity contribution in [3.63, 3.8) is 0 Å². The minimum absolute atomic E-state index is 0.276. The molecule has 3 rings (SSSR count). The van der Waals surface area contributed by atoms with Crippen molar-refractivity contribution < 1.29 is 9.21 Å². The summed E-state index contributed by atoms with van der Waals surface area (Å²) in [6.45, 7) is 0.279. The highest BCUT2D eigenvalue weighted by atomic mass is 79.9. The summed E-state index contributed by atoms with van der Waals surface area (Å²) in [6, 6.07) is 18.0. The van der Waals surface area contributed by atoms with Crippen LogP contribution < -0.4 is 10.2 Å². The number of furan rings is 1. The van der Waals surface area contributed by atoms with Gasteiger partial charge in [-0.05, 0) is 52.3 Å². The van der Waals surface area contributed by atoms with Crippen molar-refractivity contribution in [1.29, 1.82) is 0 Å². The number of anilines is 2. The molecule has 0 spiro atoms.